The number of alkyl halides is 3. The Morgan fingerprint density at radius 3 is 2.21 bits per heavy atom. The maximum Gasteiger partial charge on any atom is 0.416 e. The summed E-state index contributed by atoms with van der Waals surface area (Å²) in [5, 5.41) is 2.58. The normalized spacial score (nSPS) is 13.2. The zero-order valence-electron chi connectivity index (χ0n) is 18.8. The molecule has 11 heteroatoms. The van der Waals surface area contributed by atoms with Crippen LogP contribution in [0.2, 0.25) is 0 Å². The fraction of sp³-hybridized carbons (Fsp3) is 0.348. The highest BCUT2D eigenvalue weighted by atomic mass is 32.2. The predicted molar refractivity (Wildman–Crippen MR) is 120 cm³/mol. The predicted octanol–water partition coefficient (Wildman–Crippen LogP) is 5.59. The van der Waals surface area contributed by atoms with Gasteiger partial charge in [-0.05, 0) is 59.9 Å². The molecule has 2 rings (SSSR count). The number of sulfonamides is 1. The van der Waals surface area contributed by atoms with Crippen molar-refractivity contribution in [2.45, 2.75) is 45.3 Å². The van der Waals surface area contributed by atoms with Gasteiger partial charge in [-0.25, -0.2) is 17.2 Å². The van der Waals surface area contributed by atoms with Crippen molar-refractivity contribution >= 4 is 27.7 Å². The van der Waals surface area contributed by atoms with Gasteiger partial charge in [0.25, 0.3) is 0 Å². The number of carbonyl (C=O) groups is 1. The molecule has 0 bridgehead atoms. The van der Waals surface area contributed by atoms with Gasteiger partial charge in [0.2, 0.25) is 15.9 Å². The fourth-order valence-corrected chi connectivity index (χ4v) is 3.88. The van der Waals surface area contributed by atoms with Gasteiger partial charge in [0, 0.05) is 6.08 Å². The third-order valence-electron chi connectivity index (χ3n) is 4.88. The molecule has 1 atom stereocenters. The molecule has 0 aliphatic heterocycles. The topological polar surface area (TPSA) is 75.3 Å². The molecule has 2 N–H and O–H groups in total. The number of hydrogen-bond donors (Lipinski definition) is 2. The molecule has 0 saturated heterocycles. The minimum Gasteiger partial charge on any atom is -0.346 e. The number of rotatable bonds is 9. The largest absolute Gasteiger partial charge is 0.416 e. The summed E-state index contributed by atoms with van der Waals surface area (Å²) in [6.07, 6.45) is 0.0445. The molecule has 0 spiro atoms. The summed E-state index contributed by atoms with van der Waals surface area (Å²) < 4.78 is 91.9. The second-order valence-electron chi connectivity index (χ2n) is 7.70. The Morgan fingerprint density at radius 1 is 1.09 bits per heavy atom. The minimum atomic E-state index is -4.48. The lowest BCUT2D eigenvalue weighted by atomic mass is 9.99. The highest BCUT2D eigenvalue weighted by Crippen LogP contribution is 2.31. The summed E-state index contributed by atoms with van der Waals surface area (Å²) in [5.41, 5.74) is -0.628. The quantitative estimate of drug-likeness (QED) is 0.345. The minimum absolute atomic E-state index is 0.0829. The van der Waals surface area contributed by atoms with E-state index < -0.39 is 51.0 Å². The van der Waals surface area contributed by atoms with E-state index in [4.69, 9.17) is 0 Å². The van der Waals surface area contributed by atoms with Crippen molar-refractivity contribution in [3.8, 4) is 0 Å². The van der Waals surface area contributed by atoms with Crippen molar-refractivity contribution in [1.29, 1.82) is 0 Å². The molecule has 2 aromatic rings. The molecule has 186 valence electrons. The van der Waals surface area contributed by atoms with E-state index in [1.54, 1.807) is 11.6 Å². The van der Waals surface area contributed by atoms with Crippen molar-refractivity contribution in [3.05, 3.63) is 70.3 Å². The number of anilines is 1. The van der Waals surface area contributed by atoms with E-state index in [1.165, 1.54) is 12.1 Å². The molecular formula is C23H25F5N2O3S. The van der Waals surface area contributed by atoms with E-state index in [-0.39, 0.29) is 12.0 Å². The number of hydrogen-bond acceptors (Lipinski definition) is 3. The second kappa shape index (κ2) is 11.0. The van der Waals surface area contributed by atoms with Gasteiger partial charge in [0.05, 0.1) is 17.9 Å². The molecule has 2 aromatic carbocycles. The maximum absolute atomic E-state index is 14.3. The smallest absolute Gasteiger partial charge is 0.346 e. The zero-order chi connectivity index (χ0) is 25.7. The van der Waals surface area contributed by atoms with Crippen LogP contribution in [0.4, 0.5) is 27.6 Å². The van der Waals surface area contributed by atoms with Gasteiger partial charge in [-0.3, -0.25) is 9.52 Å². The van der Waals surface area contributed by atoms with E-state index in [2.05, 4.69) is 5.32 Å². The summed E-state index contributed by atoms with van der Waals surface area (Å²) >= 11 is 0. The average molecular weight is 505 g/mol. The van der Waals surface area contributed by atoms with E-state index in [1.807, 2.05) is 6.92 Å². The standard InChI is InChI=1S/C23H25F5N2O3S/c1-4-6-15-11-17(23(26,27)28)9-7-14(15)8-10-21(31)29-20(5-2)16-12-18(24)22(19(25)13-16)30-34(3,32)33/h7-13,20,30H,4-6H2,1-3H3,(H,29,31). The zero-order valence-corrected chi connectivity index (χ0v) is 19.6. The van der Waals surface area contributed by atoms with Crippen molar-refractivity contribution in [1.82, 2.24) is 5.32 Å². The Hall–Kier alpha value is -2.95. The molecule has 0 aliphatic rings. The van der Waals surface area contributed by atoms with Gasteiger partial charge in [0.15, 0.2) is 11.6 Å². The molecule has 1 unspecified atom stereocenters. The molecule has 0 aliphatic carbocycles. The maximum atomic E-state index is 14.3. The molecule has 0 heterocycles. The van der Waals surface area contributed by atoms with E-state index in [9.17, 15) is 35.2 Å². The fourth-order valence-electron chi connectivity index (χ4n) is 3.31. The molecule has 5 nitrogen and oxygen atoms in total. The summed E-state index contributed by atoms with van der Waals surface area (Å²) in [6, 6.07) is 4.31. The number of amides is 1. The Labute approximate surface area is 195 Å². The van der Waals surface area contributed by atoms with Crippen LogP contribution in [0.1, 0.15) is 55.0 Å². The van der Waals surface area contributed by atoms with Gasteiger partial charge >= 0.3 is 6.18 Å². The van der Waals surface area contributed by atoms with Crippen molar-refractivity contribution in [3.63, 3.8) is 0 Å². The first-order valence-electron chi connectivity index (χ1n) is 10.4. The SMILES string of the molecule is CCCc1cc(C(F)(F)F)ccc1C=CC(=O)NC(CC)c1cc(F)c(NS(C)(=O)=O)c(F)c1. The van der Waals surface area contributed by atoms with Gasteiger partial charge in [-0.15, -0.1) is 0 Å². The first-order valence-corrected chi connectivity index (χ1v) is 12.3. The molecule has 0 aromatic heterocycles. The number of carbonyl (C=O) groups excluding carboxylic acids is 1. The second-order valence-corrected chi connectivity index (χ2v) is 9.45. The van der Waals surface area contributed by atoms with E-state index in [0.717, 1.165) is 36.6 Å². The van der Waals surface area contributed by atoms with E-state index >= 15 is 0 Å². The molecule has 0 saturated carbocycles. The Kier molecular flexibility index (Phi) is 8.82. The van der Waals surface area contributed by atoms with Crippen LogP contribution >= 0.6 is 0 Å². The van der Waals surface area contributed by atoms with Gasteiger partial charge in [-0.1, -0.05) is 26.3 Å². The highest BCUT2D eigenvalue weighted by Gasteiger charge is 2.30. The Morgan fingerprint density at radius 2 is 1.71 bits per heavy atom. The average Bonchev–Trinajstić information content (AvgIpc) is 2.72. The third kappa shape index (κ3) is 7.54. The van der Waals surface area contributed by atoms with Gasteiger partial charge < -0.3 is 5.32 Å². The van der Waals surface area contributed by atoms with Crippen LogP contribution in [0, 0.1) is 11.6 Å². The summed E-state index contributed by atoms with van der Waals surface area (Å²) in [5.74, 6) is -2.90. The van der Waals surface area contributed by atoms with Crippen LogP contribution in [0.5, 0.6) is 0 Å². The van der Waals surface area contributed by atoms with Gasteiger partial charge in [0.1, 0.15) is 5.69 Å². The summed E-state index contributed by atoms with van der Waals surface area (Å²) in [6.45, 7) is 3.49. The molecule has 0 fully saturated rings. The molecular weight excluding hydrogens is 479 g/mol. The molecule has 34 heavy (non-hydrogen) atoms. The first-order chi connectivity index (χ1) is 15.7. The van der Waals surface area contributed by atoms with Gasteiger partial charge in [-0.2, -0.15) is 13.2 Å². The van der Waals surface area contributed by atoms with E-state index in [0.29, 0.717) is 24.0 Å². The lowest BCUT2D eigenvalue weighted by Crippen LogP contribution is -2.26. The Balaban J connectivity index is 2.23. The first kappa shape index (κ1) is 27.3. The molecule has 1 amide bonds. The Bertz CT molecular complexity index is 1150. The van der Waals surface area contributed by atoms with Crippen LogP contribution in [0.3, 0.4) is 0 Å². The van der Waals surface area contributed by atoms with Crippen LogP contribution in [-0.2, 0) is 27.4 Å². The van der Waals surface area contributed by atoms with Crippen molar-refractivity contribution in [2.75, 3.05) is 11.0 Å². The monoisotopic (exact) mass is 504 g/mol. The summed E-state index contributed by atoms with van der Waals surface area (Å²) in [7, 11) is -3.90. The highest BCUT2D eigenvalue weighted by molar-refractivity contribution is 7.92. The van der Waals surface area contributed by atoms with Crippen LogP contribution in [0.25, 0.3) is 6.08 Å². The lowest BCUT2D eigenvalue weighted by Gasteiger charge is -2.18. The van der Waals surface area contributed by atoms with Crippen LogP contribution in [0.15, 0.2) is 36.4 Å². The number of halogens is 5. The number of aryl methyl sites for hydroxylation is 1. The van der Waals surface area contributed by atoms with Crippen molar-refractivity contribution in [2.24, 2.45) is 0 Å². The number of benzene rings is 2. The third-order valence-corrected chi connectivity index (χ3v) is 5.46. The van der Waals surface area contributed by atoms with Crippen LogP contribution < -0.4 is 10.0 Å². The van der Waals surface area contributed by atoms with Crippen molar-refractivity contribution < 1.29 is 35.2 Å². The summed E-state index contributed by atoms with van der Waals surface area (Å²) in [4.78, 5) is 12.4. The lowest BCUT2D eigenvalue weighted by molar-refractivity contribution is -0.137. The molecule has 0 radical (unpaired) electrons. The number of nitrogens with one attached hydrogen (secondary N) is 2. The van der Waals surface area contributed by atoms with Crippen LogP contribution in [-0.4, -0.2) is 20.6 Å².